The van der Waals surface area contributed by atoms with Crippen LogP contribution < -0.4 is 10.6 Å². The van der Waals surface area contributed by atoms with Crippen molar-refractivity contribution in [2.24, 2.45) is 5.11 Å². The van der Waals surface area contributed by atoms with E-state index in [0.717, 1.165) is 5.56 Å². The van der Waals surface area contributed by atoms with E-state index in [9.17, 15) is 19.2 Å². The molecule has 162 valence electrons. The van der Waals surface area contributed by atoms with Crippen molar-refractivity contribution >= 4 is 23.9 Å². The molecule has 12 nitrogen and oxygen atoms in total. The molecule has 2 N–H and O–H groups in total. The zero-order chi connectivity index (χ0) is 22.2. The Morgan fingerprint density at radius 1 is 1.13 bits per heavy atom. The van der Waals surface area contributed by atoms with Gasteiger partial charge >= 0.3 is 12.1 Å². The van der Waals surface area contributed by atoms with Crippen molar-refractivity contribution in [2.75, 3.05) is 39.8 Å². The van der Waals surface area contributed by atoms with E-state index in [0.29, 0.717) is 6.42 Å². The third-order valence-electron chi connectivity index (χ3n) is 3.69. The van der Waals surface area contributed by atoms with Gasteiger partial charge in [-0.05, 0) is 17.5 Å². The number of hydrogen-bond donors (Lipinski definition) is 2. The van der Waals surface area contributed by atoms with E-state index in [4.69, 9.17) is 10.3 Å². The van der Waals surface area contributed by atoms with Gasteiger partial charge in [0.15, 0.2) is 0 Å². The van der Waals surface area contributed by atoms with Gasteiger partial charge in [0.25, 0.3) is 0 Å². The summed E-state index contributed by atoms with van der Waals surface area (Å²) < 4.78 is 9.45. The molecule has 0 fully saturated rings. The second kappa shape index (κ2) is 14.2. The van der Waals surface area contributed by atoms with Gasteiger partial charge in [-0.15, -0.1) is 0 Å². The molecule has 1 aromatic rings. The normalized spacial score (nSPS) is 9.63. The minimum atomic E-state index is -0.781. The molecular weight excluding hydrogens is 396 g/mol. The van der Waals surface area contributed by atoms with E-state index >= 15 is 0 Å². The molecule has 0 aliphatic carbocycles. The van der Waals surface area contributed by atoms with Gasteiger partial charge in [-0.2, -0.15) is 0 Å². The molecule has 0 aromatic heterocycles. The van der Waals surface area contributed by atoms with Crippen LogP contribution in [0, 0.1) is 0 Å². The van der Waals surface area contributed by atoms with Crippen LogP contribution in [0.15, 0.2) is 35.4 Å². The minimum Gasteiger partial charge on any atom is -0.468 e. The van der Waals surface area contributed by atoms with E-state index in [2.05, 4.69) is 25.4 Å². The zero-order valence-electron chi connectivity index (χ0n) is 16.6. The summed E-state index contributed by atoms with van der Waals surface area (Å²) in [5, 5.41) is 8.02. The van der Waals surface area contributed by atoms with Crippen LogP contribution in [0.4, 0.5) is 4.79 Å². The van der Waals surface area contributed by atoms with Crippen LogP contribution in [-0.4, -0.2) is 68.6 Å². The predicted molar refractivity (Wildman–Crippen MR) is 105 cm³/mol. The van der Waals surface area contributed by atoms with E-state index in [1.807, 2.05) is 6.07 Å². The molecule has 0 radical (unpaired) electrons. The molecule has 0 saturated heterocycles. The van der Waals surface area contributed by atoms with Crippen LogP contribution in [-0.2, 0) is 30.5 Å². The number of methoxy groups -OCH3 is 1. The van der Waals surface area contributed by atoms with Crippen molar-refractivity contribution in [3.8, 4) is 0 Å². The van der Waals surface area contributed by atoms with Crippen molar-refractivity contribution in [1.82, 2.24) is 15.5 Å². The first kappa shape index (κ1) is 24.2. The molecule has 0 saturated carbocycles. The quantitative estimate of drug-likeness (QED) is 0.166. The van der Waals surface area contributed by atoms with Crippen molar-refractivity contribution in [1.29, 1.82) is 0 Å². The van der Waals surface area contributed by atoms with Crippen LogP contribution in [0.5, 0.6) is 0 Å². The fourth-order valence-electron chi connectivity index (χ4n) is 2.17. The number of nitrogens with zero attached hydrogens (tertiary/aromatic N) is 4. The Bertz CT molecular complexity index is 766. The highest BCUT2D eigenvalue weighted by molar-refractivity contribution is 5.88. The third-order valence-corrected chi connectivity index (χ3v) is 3.69. The first-order valence-corrected chi connectivity index (χ1v) is 9.03. The summed E-state index contributed by atoms with van der Waals surface area (Å²) >= 11 is 0. The average molecular weight is 420 g/mol. The Labute approximate surface area is 173 Å². The molecule has 0 atom stereocenters. The molecule has 0 aliphatic heterocycles. The second-order valence-electron chi connectivity index (χ2n) is 5.89. The summed E-state index contributed by atoms with van der Waals surface area (Å²) in [6.45, 7) is -0.764. The standard InChI is InChI=1S/C18H24N6O6/c1-29-17(27)11-20-15(25)12-24(9-5-8-22-23-19)16(26)10-21-18(28)30-13-14-6-3-2-4-7-14/h2-4,6-7H,5,8-13H2,1H3,(H,20,25)(H,21,28). The molecular formula is C18H24N6O6. The highest BCUT2D eigenvalue weighted by Gasteiger charge is 2.18. The maximum Gasteiger partial charge on any atom is 0.407 e. The monoisotopic (exact) mass is 420 g/mol. The van der Waals surface area contributed by atoms with Crippen LogP contribution in [0.2, 0.25) is 0 Å². The lowest BCUT2D eigenvalue weighted by atomic mass is 10.2. The molecule has 30 heavy (non-hydrogen) atoms. The zero-order valence-corrected chi connectivity index (χ0v) is 16.6. The average Bonchev–Trinajstić information content (AvgIpc) is 2.77. The summed E-state index contributed by atoms with van der Waals surface area (Å²) in [5.41, 5.74) is 9.11. The molecule has 0 aliphatic rings. The smallest absolute Gasteiger partial charge is 0.407 e. The lowest BCUT2D eigenvalue weighted by Crippen LogP contribution is -2.46. The molecule has 3 amide bonds. The number of nitrogens with one attached hydrogen (secondary N) is 2. The Balaban J connectivity index is 2.51. The Hall–Kier alpha value is -3.79. The van der Waals surface area contributed by atoms with E-state index in [1.54, 1.807) is 24.3 Å². The number of hydrogen-bond acceptors (Lipinski definition) is 7. The number of alkyl carbamates (subject to hydrolysis) is 1. The van der Waals surface area contributed by atoms with Crippen LogP contribution in [0.1, 0.15) is 12.0 Å². The van der Waals surface area contributed by atoms with Gasteiger partial charge < -0.3 is 25.0 Å². The third kappa shape index (κ3) is 10.5. The number of carbonyl (C=O) groups is 4. The van der Waals surface area contributed by atoms with Gasteiger partial charge in [0.1, 0.15) is 19.7 Å². The van der Waals surface area contributed by atoms with E-state index in [-0.39, 0.29) is 39.3 Å². The minimum absolute atomic E-state index is 0.0483. The summed E-state index contributed by atoms with van der Waals surface area (Å²) in [6.07, 6.45) is -0.463. The van der Waals surface area contributed by atoms with Gasteiger partial charge in [-0.1, -0.05) is 35.4 Å². The summed E-state index contributed by atoms with van der Waals surface area (Å²) in [6, 6.07) is 9.02. The van der Waals surface area contributed by atoms with Crippen molar-refractivity contribution in [3.63, 3.8) is 0 Å². The topological polar surface area (TPSA) is 163 Å². The summed E-state index contributed by atoms with van der Waals surface area (Å²) in [7, 11) is 1.18. The molecule has 0 bridgehead atoms. The SMILES string of the molecule is COC(=O)CNC(=O)CN(CCCN=[N+]=[N-])C(=O)CNC(=O)OCc1ccccc1. The largest absolute Gasteiger partial charge is 0.468 e. The van der Waals surface area contributed by atoms with Crippen molar-refractivity contribution in [3.05, 3.63) is 46.3 Å². The molecule has 0 spiro atoms. The lowest BCUT2D eigenvalue weighted by molar-refractivity contribution is -0.141. The number of esters is 1. The first-order valence-electron chi connectivity index (χ1n) is 9.03. The van der Waals surface area contributed by atoms with Gasteiger partial charge in [-0.25, -0.2) is 4.79 Å². The lowest BCUT2D eigenvalue weighted by Gasteiger charge is -2.22. The maximum absolute atomic E-state index is 12.4. The Morgan fingerprint density at radius 3 is 2.53 bits per heavy atom. The summed E-state index contributed by atoms with van der Waals surface area (Å²) in [5.74, 6) is -1.75. The highest BCUT2D eigenvalue weighted by Crippen LogP contribution is 2.00. The number of rotatable bonds is 12. The van der Waals surface area contributed by atoms with Gasteiger partial charge in [-0.3, -0.25) is 14.4 Å². The van der Waals surface area contributed by atoms with Crippen LogP contribution in [0.25, 0.3) is 10.4 Å². The van der Waals surface area contributed by atoms with Gasteiger partial charge in [0.2, 0.25) is 11.8 Å². The molecule has 1 aromatic carbocycles. The number of amides is 3. The van der Waals surface area contributed by atoms with Crippen molar-refractivity contribution in [2.45, 2.75) is 13.0 Å². The molecule has 1 rings (SSSR count). The highest BCUT2D eigenvalue weighted by atomic mass is 16.5. The summed E-state index contributed by atoms with van der Waals surface area (Å²) in [4.78, 5) is 51.0. The predicted octanol–water partition coefficient (Wildman–Crippen LogP) is 0.731. The number of azide groups is 1. The van der Waals surface area contributed by atoms with Crippen LogP contribution in [0.3, 0.4) is 0 Å². The second-order valence-corrected chi connectivity index (χ2v) is 5.89. The fraction of sp³-hybridized carbons (Fsp3) is 0.444. The number of carbonyl (C=O) groups excluding carboxylic acids is 4. The van der Waals surface area contributed by atoms with E-state index < -0.39 is 23.9 Å². The van der Waals surface area contributed by atoms with Gasteiger partial charge in [0.05, 0.1) is 13.7 Å². The Morgan fingerprint density at radius 2 is 1.87 bits per heavy atom. The molecule has 0 unspecified atom stereocenters. The molecule has 0 heterocycles. The number of ether oxygens (including phenoxy) is 2. The van der Waals surface area contributed by atoms with Crippen molar-refractivity contribution < 1.29 is 28.7 Å². The maximum atomic E-state index is 12.4. The van der Waals surface area contributed by atoms with E-state index in [1.165, 1.54) is 12.0 Å². The fourth-order valence-corrected chi connectivity index (χ4v) is 2.17. The van der Waals surface area contributed by atoms with Gasteiger partial charge in [0, 0.05) is 18.0 Å². The number of benzene rings is 1. The molecule has 12 heteroatoms. The Kier molecular flexibility index (Phi) is 11.5. The van der Waals surface area contributed by atoms with Crippen LogP contribution >= 0.6 is 0 Å². The first-order chi connectivity index (χ1) is 14.5.